The zero-order chi connectivity index (χ0) is 12.3. The number of morpholine rings is 1. The van der Waals surface area contributed by atoms with Crippen molar-refractivity contribution in [2.75, 3.05) is 31.6 Å². The minimum atomic E-state index is -0.232. The molecule has 2 amide bonds. The van der Waals surface area contributed by atoms with Crippen molar-refractivity contribution >= 4 is 17.7 Å². The molecule has 1 aliphatic rings. The summed E-state index contributed by atoms with van der Waals surface area (Å²) in [6.45, 7) is 3.60. The number of rotatable bonds is 2. The number of anilines is 1. The summed E-state index contributed by atoms with van der Waals surface area (Å²) in [5.74, 6) is 0.111. The van der Waals surface area contributed by atoms with Gasteiger partial charge in [-0.3, -0.25) is 14.9 Å². The highest BCUT2D eigenvalue weighted by atomic mass is 16.5. The van der Waals surface area contributed by atoms with Crippen LogP contribution in [0.3, 0.4) is 0 Å². The van der Waals surface area contributed by atoms with Crippen LogP contribution in [-0.2, 0) is 9.53 Å². The van der Waals surface area contributed by atoms with Gasteiger partial charge in [-0.15, -0.1) is 0 Å². The largest absolute Gasteiger partial charge is 0.435 e. The summed E-state index contributed by atoms with van der Waals surface area (Å²) in [7, 11) is 0. The van der Waals surface area contributed by atoms with E-state index in [0.717, 1.165) is 0 Å². The van der Waals surface area contributed by atoms with Gasteiger partial charge in [0.2, 0.25) is 5.91 Å². The second kappa shape index (κ2) is 5.01. The molecule has 0 aromatic carbocycles. The molecule has 0 radical (unpaired) electrons. The molecule has 2 rings (SSSR count). The van der Waals surface area contributed by atoms with Crippen molar-refractivity contribution in [1.82, 2.24) is 4.90 Å². The van der Waals surface area contributed by atoms with Crippen LogP contribution in [-0.4, -0.2) is 43.0 Å². The van der Waals surface area contributed by atoms with Gasteiger partial charge < -0.3 is 14.1 Å². The quantitative estimate of drug-likeness (QED) is 0.823. The fourth-order valence-corrected chi connectivity index (χ4v) is 1.62. The average Bonchev–Trinajstić information content (AvgIpc) is 2.77. The maximum atomic E-state index is 12.0. The highest BCUT2D eigenvalue weighted by Crippen LogP contribution is 2.15. The van der Waals surface area contributed by atoms with Crippen LogP contribution in [0.25, 0.3) is 0 Å². The van der Waals surface area contributed by atoms with Gasteiger partial charge in [0.15, 0.2) is 11.6 Å². The molecule has 0 aliphatic carbocycles. The van der Waals surface area contributed by atoms with E-state index in [1.54, 1.807) is 17.0 Å². The van der Waals surface area contributed by atoms with Gasteiger partial charge in [-0.05, 0) is 6.07 Å². The van der Waals surface area contributed by atoms with Crippen molar-refractivity contribution in [3.8, 4) is 0 Å². The molecule has 0 atom stereocenters. The fourth-order valence-electron chi connectivity index (χ4n) is 1.62. The van der Waals surface area contributed by atoms with Gasteiger partial charge in [0.25, 0.3) is 5.91 Å². The number of amides is 2. The van der Waals surface area contributed by atoms with E-state index in [1.807, 2.05) is 0 Å². The van der Waals surface area contributed by atoms with E-state index in [0.29, 0.717) is 26.3 Å². The Kier molecular flexibility index (Phi) is 3.43. The van der Waals surface area contributed by atoms with Crippen molar-refractivity contribution in [3.63, 3.8) is 0 Å². The Morgan fingerprint density at radius 2 is 2.00 bits per heavy atom. The molecule has 1 N–H and O–H groups in total. The molecule has 1 aromatic heterocycles. The number of nitrogens with one attached hydrogen (secondary N) is 1. The van der Waals surface area contributed by atoms with Crippen molar-refractivity contribution in [2.45, 2.75) is 6.92 Å². The van der Waals surface area contributed by atoms with Gasteiger partial charge in [0.05, 0.1) is 13.2 Å². The van der Waals surface area contributed by atoms with Gasteiger partial charge in [-0.25, -0.2) is 0 Å². The Morgan fingerprint density at radius 1 is 1.29 bits per heavy atom. The summed E-state index contributed by atoms with van der Waals surface area (Å²) in [6, 6.07) is 3.12. The van der Waals surface area contributed by atoms with E-state index in [4.69, 9.17) is 9.15 Å². The highest BCUT2D eigenvalue weighted by Gasteiger charge is 2.21. The highest BCUT2D eigenvalue weighted by molar-refractivity contribution is 5.93. The molecule has 0 unspecified atom stereocenters. The van der Waals surface area contributed by atoms with E-state index >= 15 is 0 Å². The summed E-state index contributed by atoms with van der Waals surface area (Å²) in [5.41, 5.74) is 0. The van der Waals surface area contributed by atoms with Crippen LogP contribution < -0.4 is 5.32 Å². The zero-order valence-electron chi connectivity index (χ0n) is 9.56. The van der Waals surface area contributed by atoms with Crippen LogP contribution in [0.5, 0.6) is 0 Å². The summed E-state index contributed by atoms with van der Waals surface area (Å²) in [4.78, 5) is 24.4. The van der Waals surface area contributed by atoms with E-state index in [9.17, 15) is 9.59 Å². The predicted molar refractivity (Wildman–Crippen MR) is 59.7 cm³/mol. The van der Waals surface area contributed by atoms with Crippen LogP contribution in [0, 0.1) is 0 Å². The van der Waals surface area contributed by atoms with Crippen LogP contribution in [0.15, 0.2) is 16.5 Å². The molecule has 6 heteroatoms. The first-order valence-electron chi connectivity index (χ1n) is 5.41. The summed E-state index contributed by atoms with van der Waals surface area (Å²) in [6.07, 6.45) is 0. The molecule has 0 spiro atoms. The van der Waals surface area contributed by atoms with Crippen molar-refractivity contribution in [1.29, 1.82) is 0 Å². The van der Waals surface area contributed by atoms with Crippen molar-refractivity contribution < 1.29 is 18.7 Å². The Hall–Kier alpha value is -1.82. The number of carbonyl (C=O) groups is 2. The molecule has 0 saturated carbocycles. The molecule has 92 valence electrons. The van der Waals surface area contributed by atoms with E-state index in [1.165, 1.54) is 6.92 Å². The third-order valence-electron chi connectivity index (χ3n) is 2.41. The molecular formula is C11H14N2O4. The molecule has 1 fully saturated rings. The van der Waals surface area contributed by atoms with Gasteiger partial charge in [-0.1, -0.05) is 0 Å². The molecule has 1 aromatic rings. The van der Waals surface area contributed by atoms with Crippen molar-refractivity contribution in [3.05, 3.63) is 17.9 Å². The van der Waals surface area contributed by atoms with Crippen LogP contribution in [0.2, 0.25) is 0 Å². The van der Waals surface area contributed by atoms with Crippen LogP contribution in [0.1, 0.15) is 17.5 Å². The maximum absolute atomic E-state index is 12.0. The molecular weight excluding hydrogens is 224 g/mol. The number of nitrogens with zero attached hydrogens (tertiary/aromatic N) is 1. The molecule has 2 heterocycles. The number of furan rings is 1. The van der Waals surface area contributed by atoms with E-state index in [2.05, 4.69) is 5.32 Å². The first-order valence-corrected chi connectivity index (χ1v) is 5.41. The lowest BCUT2D eigenvalue weighted by Crippen LogP contribution is -2.40. The minimum Gasteiger partial charge on any atom is -0.435 e. The first kappa shape index (κ1) is 11.7. The molecule has 6 nitrogen and oxygen atoms in total. The number of hydrogen-bond donors (Lipinski definition) is 1. The number of ether oxygens (including phenoxy) is 1. The van der Waals surface area contributed by atoms with E-state index in [-0.39, 0.29) is 23.5 Å². The van der Waals surface area contributed by atoms with Gasteiger partial charge in [-0.2, -0.15) is 0 Å². The monoisotopic (exact) mass is 238 g/mol. The zero-order valence-corrected chi connectivity index (χ0v) is 9.56. The smallest absolute Gasteiger partial charge is 0.289 e. The van der Waals surface area contributed by atoms with Crippen LogP contribution >= 0.6 is 0 Å². The second-order valence-corrected chi connectivity index (χ2v) is 3.75. The minimum absolute atomic E-state index is 0.176. The molecule has 17 heavy (non-hydrogen) atoms. The fraction of sp³-hybridized carbons (Fsp3) is 0.455. The van der Waals surface area contributed by atoms with Crippen molar-refractivity contribution in [2.24, 2.45) is 0 Å². The Balaban J connectivity index is 2.03. The lowest BCUT2D eigenvalue weighted by atomic mass is 10.3. The standard InChI is InChI=1S/C11H14N2O4/c1-8(14)12-10-3-2-9(17-10)11(15)13-4-6-16-7-5-13/h2-3H,4-7H2,1H3,(H,12,14). The molecule has 1 saturated heterocycles. The molecule has 0 bridgehead atoms. The Morgan fingerprint density at radius 3 is 2.65 bits per heavy atom. The lowest BCUT2D eigenvalue weighted by molar-refractivity contribution is -0.114. The third kappa shape index (κ3) is 2.85. The lowest BCUT2D eigenvalue weighted by Gasteiger charge is -2.25. The number of hydrogen-bond acceptors (Lipinski definition) is 4. The normalized spacial score (nSPS) is 15.7. The summed E-state index contributed by atoms with van der Waals surface area (Å²) >= 11 is 0. The third-order valence-corrected chi connectivity index (χ3v) is 2.41. The average molecular weight is 238 g/mol. The summed E-state index contributed by atoms with van der Waals surface area (Å²) < 4.78 is 10.4. The second-order valence-electron chi connectivity index (χ2n) is 3.75. The first-order chi connectivity index (χ1) is 8.16. The van der Waals surface area contributed by atoms with Gasteiger partial charge in [0, 0.05) is 26.1 Å². The predicted octanol–water partition coefficient (Wildman–Crippen LogP) is 0.710. The topological polar surface area (TPSA) is 71.8 Å². The van der Waals surface area contributed by atoms with E-state index < -0.39 is 0 Å². The van der Waals surface area contributed by atoms with Gasteiger partial charge in [0.1, 0.15) is 0 Å². The van der Waals surface area contributed by atoms with Gasteiger partial charge >= 0.3 is 0 Å². The van der Waals surface area contributed by atoms with Crippen LogP contribution in [0.4, 0.5) is 5.88 Å². The summed E-state index contributed by atoms with van der Waals surface area (Å²) in [5, 5.41) is 2.48. The Bertz CT molecular complexity index is 421. The Labute approximate surface area is 98.5 Å². The SMILES string of the molecule is CC(=O)Nc1ccc(C(=O)N2CCOCC2)o1. The number of carbonyl (C=O) groups excluding carboxylic acids is 2. The maximum Gasteiger partial charge on any atom is 0.289 e. The molecule has 1 aliphatic heterocycles.